The lowest BCUT2D eigenvalue weighted by atomic mass is 10.4. The van der Waals surface area contributed by atoms with Crippen LogP contribution in [0.5, 0.6) is 0 Å². The van der Waals surface area contributed by atoms with Crippen LogP contribution < -0.4 is 11.0 Å². The van der Waals surface area contributed by atoms with Gasteiger partial charge >= 0.3 is 5.69 Å². The summed E-state index contributed by atoms with van der Waals surface area (Å²) in [7, 11) is 0. The summed E-state index contributed by atoms with van der Waals surface area (Å²) in [6.45, 7) is 6.67. The largest absolute Gasteiger partial charge is 0.354 e. The Labute approximate surface area is 131 Å². The van der Waals surface area contributed by atoms with E-state index < -0.39 is 0 Å². The SMILES string of the molecule is CCCNc1ncc(Cl)c(Sc2n[nH]c(=O)n2C(C)C)n1. The van der Waals surface area contributed by atoms with Crippen LogP contribution in [0.1, 0.15) is 33.2 Å². The Morgan fingerprint density at radius 1 is 1.52 bits per heavy atom. The third-order valence-corrected chi connectivity index (χ3v) is 3.99. The molecule has 0 aliphatic heterocycles. The number of halogens is 1. The minimum atomic E-state index is -0.248. The molecule has 2 heterocycles. The summed E-state index contributed by atoms with van der Waals surface area (Å²) in [5.41, 5.74) is -0.248. The molecule has 0 amide bonds. The van der Waals surface area contributed by atoms with E-state index in [0.29, 0.717) is 21.2 Å². The smallest absolute Gasteiger partial charge is 0.344 e. The molecule has 7 nitrogen and oxygen atoms in total. The Kier molecular flexibility index (Phi) is 5.24. The van der Waals surface area contributed by atoms with E-state index in [1.54, 1.807) is 10.8 Å². The zero-order valence-corrected chi connectivity index (χ0v) is 13.6. The van der Waals surface area contributed by atoms with Gasteiger partial charge in [0.2, 0.25) is 5.95 Å². The Hall–Kier alpha value is -1.54. The summed E-state index contributed by atoms with van der Waals surface area (Å²) in [5.74, 6) is 0.512. The maximum Gasteiger partial charge on any atom is 0.344 e. The van der Waals surface area contributed by atoms with E-state index in [4.69, 9.17) is 11.6 Å². The zero-order valence-electron chi connectivity index (χ0n) is 12.1. The van der Waals surface area contributed by atoms with Crippen LogP contribution in [0, 0.1) is 0 Å². The Balaban J connectivity index is 2.29. The highest BCUT2D eigenvalue weighted by Gasteiger charge is 2.16. The molecule has 0 bridgehead atoms. The van der Waals surface area contributed by atoms with Crippen LogP contribution in [0.4, 0.5) is 5.95 Å². The van der Waals surface area contributed by atoms with Gasteiger partial charge in [-0.25, -0.2) is 19.9 Å². The predicted octanol–water partition coefficient (Wildman–Crippen LogP) is 2.57. The standard InChI is InChI=1S/C12H17ClN6OS/c1-4-5-14-10-15-6-8(13)9(16-10)21-12-18-17-11(20)19(12)7(2)3/h6-7H,4-5H2,1-3H3,(H,17,20)(H,14,15,16). The van der Waals surface area contributed by atoms with Gasteiger partial charge in [0, 0.05) is 12.6 Å². The normalized spacial score (nSPS) is 11.1. The number of hydrogen-bond donors (Lipinski definition) is 2. The molecule has 0 fully saturated rings. The second kappa shape index (κ2) is 6.95. The quantitative estimate of drug-likeness (QED) is 0.792. The number of nitrogens with zero attached hydrogens (tertiary/aromatic N) is 4. The maximum atomic E-state index is 11.7. The number of H-pyrrole nitrogens is 1. The number of nitrogens with one attached hydrogen (secondary N) is 2. The molecular formula is C12H17ClN6OS. The van der Waals surface area contributed by atoms with Crippen LogP contribution in [0.3, 0.4) is 0 Å². The van der Waals surface area contributed by atoms with E-state index in [1.807, 2.05) is 13.8 Å². The molecule has 21 heavy (non-hydrogen) atoms. The Morgan fingerprint density at radius 2 is 2.29 bits per heavy atom. The summed E-state index contributed by atoms with van der Waals surface area (Å²) in [6.07, 6.45) is 2.51. The molecule has 9 heteroatoms. The fourth-order valence-corrected chi connectivity index (χ4v) is 2.79. The van der Waals surface area contributed by atoms with Crippen LogP contribution >= 0.6 is 23.4 Å². The molecule has 2 rings (SSSR count). The average molecular weight is 329 g/mol. The maximum absolute atomic E-state index is 11.7. The second-order valence-corrected chi connectivity index (χ2v) is 6.01. The van der Waals surface area contributed by atoms with Crippen molar-refractivity contribution in [2.75, 3.05) is 11.9 Å². The molecule has 0 radical (unpaired) electrons. The van der Waals surface area contributed by atoms with E-state index in [1.165, 1.54) is 11.8 Å². The van der Waals surface area contributed by atoms with Crippen LogP contribution in [-0.4, -0.2) is 31.3 Å². The van der Waals surface area contributed by atoms with Gasteiger partial charge in [-0.1, -0.05) is 18.5 Å². The van der Waals surface area contributed by atoms with Crippen molar-refractivity contribution in [3.8, 4) is 0 Å². The van der Waals surface area contributed by atoms with Crippen LogP contribution in [-0.2, 0) is 0 Å². The Bertz CT molecular complexity index is 668. The summed E-state index contributed by atoms with van der Waals surface area (Å²) >= 11 is 7.36. The van der Waals surface area contributed by atoms with E-state index in [9.17, 15) is 4.79 Å². The number of aromatic amines is 1. The molecule has 0 saturated carbocycles. The van der Waals surface area contributed by atoms with Gasteiger partial charge < -0.3 is 5.32 Å². The molecule has 0 aliphatic rings. The van der Waals surface area contributed by atoms with Gasteiger partial charge in [0.1, 0.15) is 5.03 Å². The van der Waals surface area contributed by atoms with E-state index in [2.05, 4.69) is 32.4 Å². The first kappa shape index (κ1) is 15.8. The van der Waals surface area contributed by atoms with Gasteiger partial charge in [0.15, 0.2) is 5.16 Å². The third kappa shape index (κ3) is 3.76. The first-order chi connectivity index (χ1) is 10.0. The van der Waals surface area contributed by atoms with E-state index in [0.717, 1.165) is 13.0 Å². The number of rotatable bonds is 6. The van der Waals surface area contributed by atoms with Crippen molar-refractivity contribution in [2.24, 2.45) is 0 Å². The highest BCUT2D eigenvalue weighted by Crippen LogP contribution is 2.30. The fraction of sp³-hybridized carbons (Fsp3) is 0.500. The van der Waals surface area contributed by atoms with Crippen molar-refractivity contribution in [2.45, 2.75) is 43.4 Å². The predicted molar refractivity (Wildman–Crippen MR) is 83.2 cm³/mol. The zero-order chi connectivity index (χ0) is 15.4. The number of aromatic nitrogens is 5. The molecule has 0 saturated heterocycles. The van der Waals surface area contributed by atoms with Crippen molar-refractivity contribution in [3.63, 3.8) is 0 Å². The van der Waals surface area contributed by atoms with E-state index >= 15 is 0 Å². The van der Waals surface area contributed by atoms with Crippen molar-refractivity contribution in [3.05, 3.63) is 21.7 Å². The van der Waals surface area contributed by atoms with Gasteiger partial charge in [0.05, 0.1) is 11.2 Å². The highest BCUT2D eigenvalue weighted by atomic mass is 35.5. The summed E-state index contributed by atoms with van der Waals surface area (Å²) in [6, 6.07) is -0.00273. The molecule has 0 spiro atoms. The van der Waals surface area contributed by atoms with Gasteiger partial charge in [-0.15, -0.1) is 5.10 Å². The van der Waals surface area contributed by atoms with Gasteiger partial charge in [-0.2, -0.15) is 0 Å². The Morgan fingerprint density at radius 3 is 2.95 bits per heavy atom. The van der Waals surface area contributed by atoms with Crippen LogP contribution in [0.15, 0.2) is 21.2 Å². The van der Waals surface area contributed by atoms with Gasteiger partial charge in [-0.05, 0) is 32.0 Å². The first-order valence-electron chi connectivity index (χ1n) is 6.64. The van der Waals surface area contributed by atoms with Crippen LogP contribution in [0.2, 0.25) is 5.02 Å². The van der Waals surface area contributed by atoms with Crippen LogP contribution in [0.25, 0.3) is 0 Å². The monoisotopic (exact) mass is 328 g/mol. The fourth-order valence-electron chi connectivity index (χ4n) is 1.65. The first-order valence-corrected chi connectivity index (χ1v) is 7.83. The highest BCUT2D eigenvalue weighted by molar-refractivity contribution is 7.99. The minimum Gasteiger partial charge on any atom is -0.354 e. The summed E-state index contributed by atoms with van der Waals surface area (Å²) < 4.78 is 1.56. The summed E-state index contributed by atoms with van der Waals surface area (Å²) in [5, 5.41) is 11.1. The minimum absolute atomic E-state index is 0.00273. The molecule has 0 aromatic carbocycles. The third-order valence-electron chi connectivity index (χ3n) is 2.62. The molecule has 114 valence electrons. The number of hydrogen-bond acceptors (Lipinski definition) is 6. The summed E-state index contributed by atoms with van der Waals surface area (Å²) in [4.78, 5) is 20.2. The molecular weight excluding hydrogens is 312 g/mol. The molecule has 2 N–H and O–H groups in total. The molecule has 0 atom stereocenters. The van der Waals surface area contributed by atoms with Crippen molar-refractivity contribution < 1.29 is 0 Å². The average Bonchev–Trinajstić information content (AvgIpc) is 2.80. The van der Waals surface area contributed by atoms with E-state index in [-0.39, 0.29) is 11.7 Å². The lowest BCUT2D eigenvalue weighted by Gasteiger charge is -2.09. The van der Waals surface area contributed by atoms with Crippen molar-refractivity contribution in [1.82, 2.24) is 24.7 Å². The lowest BCUT2D eigenvalue weighted by molar-refractivity contribution is 0.534. The molecule has 2 aromatic heterocycles. The molecule has 0 unspecified atom stereocenters. The van der Waals surface area contributed by atoms with Gasteiger partial charge in [0.25, 0.3) is 0 Å². The molecule has 0 aliphatic carbocycles. The van der Waals surface area contributed by atoms with Crippen molar-refractivity contribution >= 4 is 29.3 Å². The lowest BCUT2D eigenvalue weighted by Crippen LogP contribution is -2.19. The molecule has 2 aromatic rings. The number of anilines is 1. The topological polar surface area (TPSA) is 88.5 Å². The second-order valence-electron chi connectivity index (χ2n) is 4.65. The van der Waals surface area contributed by atoms with Gasteiger partial charge in [-0.3, -0.25) is 4.57 Å². The van der Waals surface area contributed by atoms with Crippen molar-refractivity contribution in [1.29, 1.82) is 0 Å².